The molecule has 0 spiro atoms. The predicted octanol–water partition coefficient (Wildman–Crippen LogP) is 2.93. The Hall–Kier alpha value is -3.73. The number of carbonyl (C=O) groups is 3. The monoisotopic (exact) mass is 506 g/mol. The number of hydrogen-bond acceptors (Lipinski definition) is 7. The molecular weight excluding hydrogens is 480 g/mol. The summed E-state index contributed by atoms with van der Waals surface area (Å²) in [5.74, 6) is -1.72. The van der Waals surface area contributed by atoms with Gasteiger partial charge in [0.15, 0.2) is 0 Å². The van der Waals surface area contributed by atoms with Gasteiger partial charge in [-0.15, -0.1) is 16.2 Å². The summed E-state index contributed by atoms with van der Waals surface area (Å²) < 4.78 is 0. The van der Waals surface area contributed by atoms with Crippen molar-refractivity contribution in [1.29, 1.82) is 0 Å². The molecule has 1 aromatic heterocycles. The zero-order valence-corrected chi connectivity index (χ0v) is 20.5. The van der Waals surface area contributed by atoms with E-state index < -0.39 is 24.1 Å². The van der Waals surface area contributed by atoms with Crippen LogP contribution in [-0.2, 0) is 17.8 Å². The zero-order chi connectivity index (χ0) is 25.7. The summed E-state index contributed by atoms with van der Waals surface area (Å²) in [5.41, 5.74) is 3.22. The lowest BCUT2D eigenvalue weighted by atomic mass is 9.92. The van der Waals surface area contributed by atoms with Gasteiger partial charge in [0.1, 0.15) is 12.3 Å². The first-order valence-electron chi connectivity index (χ1n) is 11.5. The molecule has 9 nitrogen and oxygen atoms in total. The molecule has 0 unspecified atom stereocenters. The van der Waals surface area contributed by atoms with Gasteiger partial charge >= 0.3 is 5.91 Å². The number of hydrogen-bond donors (Lipinski definition) is 3. The lowest BCUT2D eigenvalue weighted by molar-refractivity contribution is -0.119. The fourth-order valence-corrected chi connectivity index (χ4v) is 4.85. The first-order chi connectivity index (χ1) is 17.4. The first kappa shape index (κ1) is 25.4. The highest BCUT2D eigenvalue weighted by Gasteiger charge is 2.28. The number of aryl methyl sites for hydroxylation is 1. The van der Waals surface area contributed by atoms with Gasteiger partial charge < -0.3 is 15.3 Å². The van der Waals surface area contributed by atoms with E-state index in [0.717, 1.165) is 11.1 Å². The van der Waals surface area contributed by atoms with Crippen LogP contribution < -0.4 is 10.6 Å². The van der Waals surface area contributed by atoms with E-state index in [0.29, 0.717) is 41.1 Å². The van der Waals surface area contributed by atoms with E-state index in [9.17, 15) is 24.4 Å². The Labute approximate surface area is 212 Å². The molecule has 3 N–H and O–H groups in total. The summed E-state index contributed by atoms with van der Waals surface area (Å²) in [6, 6.07) is 15.3. The molecule has 2 atom stereocenters. The number of aliphatic hydroxyl groups excluding tert-OH is 1. The highest BCUT2D eigenvalue weighted by atomic mass is 32.1. The van der Waals surface area contributed by atoms with Crippen LogP contribution in [-0.4, -0.2) is 46.9 Å². The van der Waals surface area contributed by atoms with Gasteiger partial charge in [-0.2, -0.15) is 0 Å². The van der Waals surface area contributed by atoms with Gasteiger partial charge in [-0.05, 0) is 53.6 Å². The third kappa shape index (κ3) is 5.73. The molecule has 4 rings (SSSR count). The third-order valence-electron chi connectivity index (χ3n) is 6.10. The number of nitrogens with one attached hydrogen (secondary N) is 2. The average molecular weight is 507 g/mol. The molecule has 186 valence electrons. The van der Waals surface area contributed by atoms with Crippen LogP contribution in [0.25, 0.3) is 0 Å². The van der Waals surface area contributed by atoms with E-state index in [-0.39, 0.29) is 12.5 Å². The number of nitrogens with zero attached hydrogens (tertiary/aromatic N) is 2. The van der Waals surface area contributed by atoms with Gasteiger partial charge in [-0.1, -0.05) is 36.4 Å². The Balaban J connectivity index is 1.46. The topological polar surface area (TPSA) is 128 Å². The summed E-state index contributed by atoms with van der Waals surface area (Å²) in [7, 11) is 0. The van der Waals surface area contributed by atoms with E-state index in [4.69, 9.17) is 0 Å². The van der Waals surface area contributed by atoms with Crippen LogP contribution in [0.5, 0.6) is 0 Å². The quantitative estimate of drug-likeness (QED) is 0.302. The van der Waals surface area contributed by atoms with Gasteiger partial charge in [0.2, 0.25) is 0 Å². The van der Waals surface area contributed by atoms with Crippen LogP contribution in [0.15, 0.2) is 65.2 Å². The van der Waals surface area contributed by atoms with Crippen molar-refractivity contribution >= 4 is 29.1 Å². The molecule has 10 heteroatoms. The number of nitroso groups, excluding NO2 is 1. The van der Waals surface area contributed by atoms with Gasteiger partial charge in [0, 0.05) is 40.8 Å². The lowest BCUT2D eigenvalue weighted by Gasteiger charge is -2.29. The second-order valence-electron chi connectivity index (χ2n) is 8.57. The molecule has 0 aliphatic carbocycles. The van der Waals surface area contributed by atoms with Crippen LogP contribution in [0.1, 0.15) is 48.5 Å². The summed E-state index contributed by atoms with van der Waals surface area (Å²) >= 11 is 1.32. The van der Waals surface area contributed by atoms with Crippen molar-refractivity contribution in [3.63, 3.8) is 0 Å². The predicted molar refractivity (Wildman–Crippen MR) is 135 cm³/mol. The maximum atomic E-state index is 13.1. The SMILES string of the molecule is Cc1cc2c(cc1C(=O)N[C@@H](CN[C@@H](O)c1cccs1)C(=O)N=O)CCN(Cc1ccccc1)C2=O. The maximum absolute atomic E-state index is 13.1. The number of thiophene rings is 1. The molecule has 36 heavy (non-hydrogen) atoms. The van der Waals surface area contributed by atoms with E-state index in [1.807, 2.05) is 30.3 Å². The summed E-state index contributed by atoms with van der Waals surface area (Å²) in [5, 5.41) is 19.7. The van der Waals surface area contributed by atoms with Crippen molar-refractivity contribution in [3.8, 4) is 0 Å². The molecule has 2 aromatic carbocycles. The van der Waals surface area contributed by atoms with E-state index in [1.54, 1.807) is 41.5 Å². The Morgan fingerprint density at radius 2 is 1.94 bits per heavy atom. The molecule has 0 saturated heterocycles. The normalized spacial score (nSPS) is 14.6. The first-order valence-corrected chi connectivity index (χ1v) is 12.3. The molecular formula is C26H26N4O5S. The second kappa shape index (κ2) is 11.3. The van der Waals surface area contributed by atoms with Gasteiger partial charge in [0.25, 0.3) is 11.8 Å². The molecule has 3 aromatic rings. The fraction of sp³-hybridized carbons (Fsp3) is 0.269. The van der Waals surface area contributed by atoms with Crippen molar-refractivity contribution in [2.75, 3.05) is 13.1 Å². The van der Waals surface area contributed by atoms with Crippen LogP contribution in [0.3, 0.4) is 0 Å². The van der Waals surface area contributed by atoms with Crippen molar-refractivity contribution in [2.45, 2.75) is 32.2 Å². The molecule has 3 amide bonds. The third-order valence-corrected chi connectivity index (χ3v) is 7.03. The van der Waals surface area contributed by atoms with Gasteiger partial charge in [-0.3, -0.25) is 19.7 Å². The Morgan fingerprint density at radius 1 is 1.17 bits per heavy atom. The molecule has 1 aliphatic rings. The second-order valence-corrected chi connectivity index (χ2v) is 9.55. The minimum Gasteiger partial charge on any atom is -0.373 e. The zero-order valence-electron chi connectivity index (χ0n) is 19.6. The van der Waals surface area contributed by atoms with E-state index >= 15 is 0 Å². The number of amides is 3. The lowest BCUT2D eigenvalue weighted by Crippen LogP contribution is -2.47. The minimum atomic E-state index is -1.26. The van der Waals surface area contributed by atoms with Crippen molar-refractivity contribution < 1.29 is 19.5 Å². The standard InChI is InChI=1S/C26H26N4O5S/c1-16-12-20-18(9-10-30(26(20)34)15-17-6-3-2-4-7-17)13-19(16)23(31)28-21(24(32)29-35)14-27-25(33)22-8-5-11-36-22/h2-8,11-13,21,25,27,33H,9-10,14-15H2,1H3,(H,28,31)/t21-,25-/m0/s1. The average Bonchev–Trinajstić information content (AvgIpc) is 3.43. The maximum Gasteiger partial charge on any atom is 0.309 e. The highest BCUT2D eigenvalue weighted by Crippen LogP contribution is 2.25. The summed E-state index contributed by atoms with van der Waals surface area (Å²) in [6.07, 6.45) is -0.472. The largest absolute Gasteiger partial charge is 0.373 e. The number of carbonyl (C=O) groups excluding carboxylic acids is 3. The van der Waals surface area contributed by atoms with Crippen molar-refractivity contribution in [2.24, 2.45) is 5.18 Å². The Bertz CT molecular complexity index is 1260. The number of fused-ring (bicyclic) bond motifs is 1. The Kier molecular flexibility index (Phi) is 7.99. The van der Waals surface area contributed by atoms with E-state index in [1.165, 1.54) is 11.3 Å². The van der Waals surface area contributed by atoms with E-state index in [2.05, 4.69) is 15.8 Å². The van der Waals surface area contributed by atoms with Crippen LogP contribution in [0.4, 0.5) is 0 Å². The molecule has 0 bridgehead atoms. The molecule has 1 aliphatic heterocycles. The van der Waals surface area contributed by atoms with Crippen LogP contribution in [0, 0.1) is 11.8 Å². The summed E-state index contributed by atoms with van der Waals surface area (Å²) in [4.78, 5) is 51.5. The highest BCUT2D eigenvalue weighted by molar-refractivity contribution is 7.10. The Morgan fingerprint density at radius 3 is 2.64 bits per heavy atom. The minimum absolute atomic E-state index is 0.0971. The smallest absolute Gasteiger partial charge is 0.309 e. The van der Waals surface area contributed by atoms with Crippen molar-refractivity contribution in [3.05, 3.63) is 97.6 Å². The molecule has 2 heterocycles. The van der Waals surface area contributed by atoms with Crippen LogP contribution in [0.2, 0.25) is 0 Å². The van der Waals surface area contributed by atoms with Gasteiger partial charge in [0.05, 0.1) is 0 Å². The van der Waals surface area contributed by atoms with Crippen molar-refractivity contribution in [1.82, 2.24) is 15.5 Å². The van der Waals surface area contributed by atoms with Crippen LogP contribution >= 0.6 is 11.3 Å². The number of benzene rings is 2. The summed E-state index contributed by atoms with van der Waals surface area (Å²) in [6.45, 7) is 2.55. The molecule has 0 radical (unpaired) electrons. The van der Waals surface area contributed by atoms with Gasteiger partial charge in [-0.25, -0.2) is 0 Å². The molecule has 0 fully saturated rings. The molecule has 0 saturated carbocycles. The fourth-order valence-electron chi connectivity index (χ4n) is 4.16. The number of rotatable bonds is 9. The number of aliphatic hydroxyl groups is 1.